The van der Waals surface area contributed by atoms with Gasteiger partial charge in [0, 0.05) is 42.2 Å². The Kier molecular flexibility index (Phi) is 42.2. The summed E-state index contributed by atoms with van der Waals surface area (Å²) in [5, 5.41) is 35.0. The zero-order chi connectivity index (χ0) is 76.3. The Hall–Kier alpha value is -7.92. The monoisotopic (exact) mass is 1600 g/mol. The van der Waals surface area contributed by atoms with E-state index in [-0.39, 0.29) is 65.4 Å². The van der Waals surface area contributed by atoms with Crippen molar-refractivity contribution in [2.75, 3.05) is 47.1 Å². The quantitative estimate of drug-likeness (QED) is 0.0151. The number of hydrogen-bond acceptors (Lipinski definition) is 15. The van der Waals surface area contributed by atoms with E-state index < -0.39 is 71.3 Å². The number of carbonyl (C=O) groups excluding carboxylic acids is 7. The van der Waals surface area contributed by atoms with Crippen LogP contribution in [0, 0.1) is 0 Å². The van der Waals surface area contributed by atoms with Crippen molar-refractivity contribution in [2.45, 2.75) is 50.2 Å². The van der Waals surface area contributed by atoms with Crippen molar-refractivity contribution < 1.29 is 150 Å². The standard InChI is InChI=1S/C25H27ClF2N2O4.C11H9ClF2O2.C11H9ClO3.C10H7ClF2O2.C10H7ClO3.C7H5ClO.CH4.K/c26-19-6-3-17(4-7-19)9-10-25(27,28)24(32)29-20(16-30-11-1-2-12-30)23(31)18-5-8-21-22(15-18)34-14-13-33-21;1-16-10(15)11(13,14)7-6-8-2-4-9(12)5-3-8;1-15-11(14)10(13)7-4-8-2-5-9(12)6-3-8;11-8-3-1-7(2-4-8)5-6-10(12,13)9(14)15;11-8-4-1-7(2-5-8)3-6-9(12)10(13)14;8-7-3-1-6(5-9)2-4-7;;/h3-10,15,20,23,31H,1-2,11-14,16H2,(H,29,32);2-7H,1H3;2-7H,1H3;1-6H,(H,14,15);1-6H,(H,13,14);1-5H;1H4;/q;;;;;;;+1/p-1/b10-9+;7-6+;7-4+;6-5+;6-3+;;;/t20-,23-;;;;;;;/m1......./s1. The van der Waals surface area contributed by atoms with E-state index in [1.54, 1.807) is 140 Å². The van der Waals surface area contributed by atoms with E-state index in [0.717, 1.165) is 76.3 Å². The van der Waals surface area contributed by atoms with Crippen molar-refractivity contribution in [3.63, 3.8) is 0 Å². The van der Waals surface area contributed by atoms with E-state index in [4.69, 9.17) is 84.2 Å². The smallest absolute Gasteiger partial charge is 0.541 e. The summed E-state index contributed by atoms with van der Waals surface area (Å²) in [6, 6.07) is 42.9. The molecule has 7 aromatic rings. The second-order valence-corrected chi connectivity index (χ2v) is 23.8. The topological polar surface area (TPSA) is 252 Å². The summed E-state index contributed by atoms with van der Waals surface area (Å²) >= 11 is 33.9. The summed E-state index contributed by atoms with van der Waals surface area (Å²) in [5.74, 6) is -19.8. The maximum absolute atomic E-state index is 14.7. The Labute approximate surface area is 674 Å². The number of likely N-dealkylation sites (tertiary alicyclic amines) is 1. The third-order valence-corrected chi connectivity index (χ3v) is 15.1. The van der Waals surface area contributed by atoms with Crippen LogP contribution in [0.2, 0.25) is 30.1 Å². The van der Waals surface area contributed by atoms with Crippen LogP contribution in [0.15, 0.2) is 194 Å². The SMILES string of the molecule is C.COC(=O)C(=O)/C=C/c1ccc(Cl)cc1.COC(=O)C(F)(F)/C=C/c1ccc(Cl)cc1.O=C(N[C@H](CN1CCCC1)[C@H](O)c1ccc2c(c1)OCCO2)C(F)(F)/C=C/c1ccc(Cl)cc1.O=C(O)C(F)(F)/C=C/c1ccc(Cl)cc1.O=C([O-])C(=O)/C=C/c1ccc(Cl)cc1.O=Cc1ccc(Cl)cc1.[K+]. The Morgan fingerprint density at radius 2 is 0.876 bits per heavy atom. The average Bonchev–Trinajstić information content (AvgIpc) is 1.45. The molecule has 2 aliphatic heterocycles. The van der Waals surface area contributed by atoms with Gasteiger partial charge in [0.1, 0.15) is 31.6 Å². The zero-order valence-corrected chi connectivity index (χ0v) is 62.9. The summed E-state index contributed by atoms with van der Waals surface area (Å²) in [6.45, 7) is 2.63. The molecular weight excluding hydrogens is 1530 g/mol. The molecule has 0 saturated carbocycles. The molecule has 0 aliphatic carbocycles. The number of carboxylic acid groups (broad SMARTS) is 2. The molecule has 7 aromatic carbocycles. The molecule has 0 unspecified atom stereocenters. The van der Waals surface area contributed by atoms with Gasteiger partial charge in [0.25, 0.3) is 11.7 Å². The van der Waals surface area contributed by atoms with Crippen LogP contribution < -0.4 is 71.3 Å². The van der Waals surface area contributed by atoms with Crippen LogP contribution >= 0.6 is 69.6 Å². The second-order valence-electron chi connectivity index (χ2n) is 21.2. The molecule has 3 N–H and O–H groups in total. The predicted molar refractivity (Wildman–Crippen MR) is 388 cm³/mol. The third-order valence-electron chi connectivity index (χ3n) is 13.6. The van der Waals surface area contributed by atoms with Crippen molar-refractivity contribution in [2.24, 2.45) is 0 Å². The zero-order valence-electron chi connectivity index (χ0n) is 55.2. The average molecular weight is 1600 g/mol. The van der Waals surface area contributed by atoms with Crippen LogP contribution in [0.1, 0.15) is 70.1 Å². The van der Waals surface area contributed by atoms with E-state index >= 15 is 0 Å². The molecule has 17 nitrogen and oxygen atoms in total. The number of aliphatic hydroxyl groups excluding tert-OH is 1. The number of benzene rings is 7. The van der Waals surface area contributed by atoms with Crippen LogP contribution in [0.5, 0.6) is 11.5 Å². The number of nitrogens with zero attached hydrogens (tertiary/aromatic N) is 1. The van der Waals surface area contributed by atoms with Crippen molar-refractivity contribution in [1.82, 2.24) is 10.2 Å². The van der Waals surface area contributed by atoms with Gasteiger partial charge in [-0.05, 0) is 175 Å². The number of carboxylic acids is 2. The Bertz CT molecular complexity index is 4110. The van der Waals surface area contributed by atoms with Crippen LogP contribution in [0.3, 0.4) is 0 Å². The minimum absolute atomic E-state index is 0. The van der Waals surface area contributed by atoms with Crippen molar-refractivity contribution in [1.29, 1.82) is 0 Å². The molecule has 9 rings (SSSR count). The van der Waals surface area contributed by atoms with Gasteiger partial charge in [-0.1, -0.05) is 186 Å². The number of methoxy groups -OCH3 is 2. The fourth-order valence-corrected chi connectivity index (χ4v) is 8.91. The first-order valence-electron chi connectivity index (χ1n) is 30.1. The number of rotatable bonds is 21. The summed E-state index contributed by atoms with van der Waals surface area (Å²) in [5.41, 5.74) is 4.06. The molecule has 2 heterocycles. The van der Waals surface area contributed by atoms with Gasteiger partial charge in [0.05, 0.1) is 20.3 Å². The van der Waals surface area contributed by atoms with Crippen LogP contribution in [-0.4, -0.2) is 134 Å². The Balaban J connectivity index is 0.000000453. The second kappa shape index (κ2) is 47.6. The van der Waals surface area contributed by atoms with E-state index in [2.05, 4.69) is 14.8 Å². The summed E-state index contributed by atoms with van der Waals surface area (Å²) in [6.07, 6.45) is 11.3. The van der Waals surface area contributed by atoms with Gasteiger partial charge in [-0.15, -0.1) is 0 Å². The van der Waals surface area contributed by atoms with Crippen LogP contribution in [0.4, 0.5) is 26.3 Å². The molecule has 0 bridgehead atoms. The number of aldehydes is 1. The first-order chi connectivity index (χ1) is 48.7. The van der Waals surface area contributed by atoms with Gasteiger partial charge in [-0.2, -0.15) is 26.3 Å². The fraction of sp³-hybridized carbons (Fsp3) is 0.200. The molecule has 1 fully saturated rings. The van der Waals surface area contributed by atoms with Crippen molar-refractivity contribution in [3.05, 3.63) is 263 Å². The fourth-order valence-electron chi connectivity index (χ4n) is 8.15. The number of esters is 2. The number of alkyl halides is 6. The van der Waals surface area contributed by atoms with E-state index in [9.17, 15) is 74.9 Å². The number of halogens is 12. The number of ketones is 2. The number of carbonyl (C=O) groups is 8. The largest absolute Gasteiger partial charge is 1.00 e. The Morgan fingerprint density at radius 1 is 0.524 bits per heavy atom. The van der Waals surface area contributed by atoms with Crippen molar-refractivity contribution in [3.8, 4) is 11.5 Å². The molecule has 0 spiro atoms. The first kappa shape index (κ1) is 93.2. The third kappa shape index (κ3) is 35.4. The van der Waals surface area contributed by atoms with E-state index in [0.29, 0.717) is 106 Å². The summed E-state index contributed by atoms with van der Waals surface area (Å²) in [7, 11) is 2.07. The van der Waals surface area contributed by atoms with Crippen LogP contribution in [0.25, 0.3) is 30.4 Å². The van der Waals surface area contributed by atoms with Crippen LogP contribution in [-0.2, 0) is 43.0 Å². The van der Waals surface area contributed by atoms with Gasteiger partial charge in [0.15, 0.2) is 11.5 Å². The molecule has 30 heteroatoms. The minimum atomic E-state index is -3.85. The van der Waals surface area contributed by atoms with Gasteiger partial charge in [-0.25, -0.2) is 14.4 Å². The number of aliphatic carboxylic acids is 2. The molecule has 105 heavy (non-hydrogen) atoms. The number of ether oxygens (including phenoxy) is 4. The van der Waals surface area contributed by atoms with Gasteiger partial charge in [-0.3, -0.25) is 19.2 Å². The normalized spacial score (nSPS) is 13.0. The molecule has 0 radical (unpaired) electrons. The molecule has 0 aromatic heterocycles. The van der Waals surface area contributed by atoms with Gasteiger partial charge in [0.2, 0.25) is 5.78 Å². The summed E-state index contributed by atoms with van der Waals surface area (Å²) in [4.78, 5) is 87.9. The molecule has 2 aliphatic rings. The van der Waals surface area contributed by atoms with Crippen molar-refractivity contribution >= 4 is 148 Å². The number of hydrogen-bond donors (Lipinski definition) is 3. The number of nitrogens with one attached hydrogen (secondary N) is 1. The number of aliphatic hydroxyl groups is 1. The van der Waals surface area contributed by atoms with Gasteiger partial charge < -0.3 is 49.3 Å². The molecule has 552 valence electrons. The summed E-state index contributed by atoms with van der Waals surface area (Å²) < 4.78 is 99.9. The predicted octanol–water partition coefficient (Wildman–Crippen LogP) is 12.9. The Morgan fingerprint density at radius 3 is 1.24 bits per heavy atom. The first-order valence-corrected chi connectivity index (χ1v) is 32.4. The van der Waals surface area contributed by atoms with E-state index in [1.165, 1.54) is 42.5 Å². The maximum Gasteiger partial charge on any atom is 1.00 e. The maximum atomic E-state index is 14.7. The molecule has 1 amide bonds. The number of amides is 1. The number of fused-ring (bicyclic) bond motifs is 1. The molecule has 2 atom stereocenters. The molecule has 1 saturated heterocycles. The van der Waals surface area contributed by atoms with Gasteiger partial charge >= 0.3 is 87.1 Å². The van der Waals surface area contributed by atoms with E-state index in [1.807, 2.05) is 4.90 Å². The minimum Gasteiger partial charge on any atom is -0.541 e. The molecular formula is C75H67Cl6F6KN2O15.